The maximum atomic E-state index is 6.17. The average Bonchev–Trinajstić information content (AvgIpc) is 2.68. The molecule has 2 N–H and O–H groups in total. The van der Waals surface area contributed by atoms with E-state index in [1.165, 1.54) is 5.56 Å². The molecule has 19 heavy (non-hydrogen) atoms. The minimum Gasteiger partial charge on any atom is -0.384 e. The van der Waals surface area contributed by atoms with E-state index in [2.05, 4.69) is 45.0 Å². The molecule has 3 nitrogen and oxygen atoms in total. The number of hydrogen-bond donors (Lipinski definition) is 1. The maximum absolute atomic E-state index is 6.17. The molecule has 0 bridgehead atoms. The van der Waals surface area contributed by atoms with Crippen LogP contribution in [0.5, 0.6) is 0 Å². The van der Waals surface area contributed by atoms with Crippen molar-refractivity contribution in [3.05, 3.63) is 47.4 Å². The van der Waals surface area contributed by atoms with Crippen LogP contribution in [0.3, 0.4) is 0 Å². The zero-order valence-corrected chi connectivity index (χ0v) is 12.2. The summed E-state index contributed by atoms with van der Waals surface area (Å²) in [6, 6.07) is 10.5. The van der Waals surface area contributed by atoms with Crippen LogP contribution in [-0.2, 0) is 13.5 Å². The van der Waals surface area contributed by atoms with E-state index in [0.717, 1.165) is 23.8 Å². The predicted octanol–water partition coefficient (Wildman–Crippen LogP) is 3.47. The number of aromatic nitrogens is 2. The minimum absolute atomic E-state index is 0.396. The van der Waals surface area contributed by atoms with Crippen LogP contribution in [0.25, 0.3) is 0 Å². The Morgan fingerprint density at radius 2 is 1.79 bits per heavy atom. The predicted molar refractivity (Wildman–Crippen MR) is 80.3 cm³/mol. The molecule has 1 aromatic carbocycles. The molecule has 1 atom stereocenters. The molecule has 0 spiro atoms. The van der Waals surface area contributed by atoms with Gasteiger partial charge in [0.1, 0.15) is 11.6 Å². The molecule has 0 aliphatic rings. The smallest absolute Gasteiger partial charge is 0.126 e. The molecule has 3 heteroatoms. The highest BCUT2D eigenvalue weighted by atomic mass is 15.1. The topological polar surface area (TPSA) is 43.8 Å². The lowest BCUT2D eigenvalue weighted by molar-refractivity contribution is 0.708. The van der Waals surface area contributed by atoms with Crippen molar-refractivity contribution in [1.29, 1.82) is 0 Å². The lowest BCUT2D eigenvalue weighted by Gasteiger charge is -2.10. The average molecular weight is 257 g/mol. The number of benzene rings is 1. The van der Waals surface area contributed by atoms with Gasteiger partial charge in [0.05, 0.1) is 5.69 Å². The Morgan fingerprint density at radius 3 is 2.32 bits per heavy atom. The quantitative estimate of drug-likeness (QED) is 0.911. The highest BCUT2D eigenvalue weighted by Crippen LogP contribution is 2.25. The van der Waals surface area contributed by atoms with Gasteiger partial charge in [0.25, 0.3) is 0 Å². The van der Waals surface area contributed by atoms with Crippen molar-refractivity contribution >= 4 is 5.82 Å². The van der Waals surface area contributed by atoms with Crippen LogP contribution in [-0.4, -0.2) is 9.55 Å². The zero-order valence-electron chi connectivity index (χ0n) is 12.2. The van der Waals surface area contributed by atoms with Gasteiger partial charge in [-0.2, -0.15) is 0 Å². The number of anilines is 1. The second-order valence-corrected chi connectivity index (χ2v) is 5.53. The molecule has 0 radical (unpaired) electrons. The lowest BCUT2D eigenvalue weighted by atomic mass is 9.96. The van der Waals surface area contributed by atoms with E-state index in [0.29, 0.717) is 11.8 Å². The van der Waals surface area contributed by atoms with Gasteiger partial charge < -0.3 is 10.3 Å². The van der Waals surface area contributed by atoms with E-state index in [4.69, 9.17) is 10.7 Å². The first-order chi connectivity index (χ1) is 9.00. The fourth-order valence-corrected chi connectivity index (χ4v) is 2.44. The third-order valence-electron chi connectivity index (χ3n) is 3.63. The van der Waals surface area contributed by atoms with E-state index in [9.17, 15) is 0 Å². The standard InChI is InChI=1S/C16H23N3/c1-11(2)16-18-14(15(17)19(16)4)10-12(3)13-8-6-5-7-9-13/h5-9,11-12H,10,17H2,1-4H3. The van der Waals surface area contributed by atoms with Gasteiger partial charge in [-0.05, 0) is 17.9 Å². The number of hydrogen-bond acceptors (Lipinski definition) is 2. The molecular weight excluding hydrogens is 234 g/mol. The molecule has 0 aliphatic heterocycles. The van der Waals surface area contributed by atoms with Crippen molar-refractivity contribution in [3.8, 4) is 0 Å². The summed E-state index contributed by atoms with van der Waals surface area (Å²) in [6.45, 7) is 6.51. The summed E-state index contributed by atoms with van der Waals surface area (Å²) in [5.41, 5.74) is 8.52. The third-order valence-corrected chi connectivity index (χ3v) is 3.63. The van der Waals surface area contributed by atoms with Gasteiger partial charge in [0.2, 0.25) is 0 Å². The van der Waals surface area contributed by atoms with E-state index < -0.39 is 0 Å². The molecule has 2 rings (SSSR count). The van der Waals surface area contributed by atoms with Gasteiger partial charge in [-0.25, -0.2) is 4.98 Å². The number of nitrogens with two attached hydrogens (primary N) is 1. The SMILES string of the molecule is CC(C)c1nc(CC(C)c2ccccc2)c(N)n1C. The summed E-state index contributed by atoms with van der Waals surface area (Å²) in [4.78, 5) is 4.71. The van der Waals surface area contributed by atoms with Crippen LogP contribution in [0.15, 0.2) is 30.3 Å². The second-order valence-electron chi connectivity index (χ2n) is 5.53. The van der Waals surface area contributed by atoms with Crippen LogP contribution in [0.4, 0.5) is 5.82 Å². The first-order valence-corrected chi connectivity index (χ1v) is 6.86. The fraction of sp³-hybridized carbons (Fsp3) is 0.438. The second kappa shape index (κ2) is 5.47. The Balaban J connectivity index is 2.22. The van der Waals surface area contributed by atoms with Crippen LogP contribution in [0.1, 0.15) is 49.7 Å². The van der Waals surface area contributed by atoms with Crippen molar-refractivity contribution in [3.63, 3.8) is 0 Å². The third kappa shape index (κ3) is 2.80. The first kappa shape index (κ1) is 13.7. The summed E-state index contributed by atoms with van der Waals surface area (Å²) in [5, 5.41) is 0. The van der Waals surface area contributed by atoms with Crippen LogP contribution < -0.4 is 5.73 Å². The molecule has 0 saturated heterocycles. The van der Waals surface area contributed by atoms with Crippen molar-refractivity contribution in [2.45, 2.75) is 39.0 Å². The maximum Gasteiger partial charge on any atom is 0.126 e. The highest BCUT2D eigenvalue weighted by molar-refractivity contribution is 5.40. The summed E-state index contributed by atoms with van der Waals surface area (Å²) >= 11 is 0. The van der Waals surface area contributed by atoms with Crippen LogP contribution in [0.2, 0.25) is 0 Å². The number of nitrogens with zero attached hydrogens (tertiary/aromatic N) is 2. The van der Waals surface area contributed by atoms with Gasteiger partial charge in [-0.15, -0.1) is 0 Å². The molecule has 1 aromatic heterocycles. The summed E-state index contributed by atoms with van der Waals surface area (Å²) < 4.78 is 2.01. The van der Waals surface area contributed by atoms with Gasteiger partial charge in [0, 0.05) is 13.0 Å². The van der Waals surface area contributed by atoms with Gasteiger partial charge >= 0.3 is 0 Å². The summed E-state index contributed by atoms with van der Waals surface area (Å²) in [7, 11) is 1.99. The van der Waals surface area contributed by atoms with Gasteiger partial charge in [0.15, 0.2) is 0 Å². The number of rotatable bonds is 4. The highest BCUT2D eigenvalue weighted by Gasteiger charge is 2.17. The molecule has 102 valence electrons. The Bertz CT molecular complexity index is 541. The van der Waals surface area contributed by atoms with Crippen molar-refractivity contribution in [1.82, 2.24) is 9.55 Å². The molecule has 0 amide bonds. The van der Waals surface area contributed by atoms with Gasteiger partial charge in [-0.1, -0.05) is 51.1 Å². The molecule has 1 heterocycles. The molecular formula is C16H23N3. The fourth-order valence-electron chi connectivity index (χ4n) is 2.44. The summed E-state index contributed by atoms with van der Waals surface area (Å²) in [5.74, 6) is 2.69. The normalized spacial score (nSPS) is 12.9. The van der Waals surface area contributed by atoms with E-state index in [1.54, 1.807) is 0 Å². The van der Waals surface area contributed by atoms with Gasteiger partial charge in [-0.3, -0.25) is 0 Å². The van der Waals surface area contributed by atoms with Crippen molar-refractivity contribution < 1.29 is 0 Å². The summed E-state index contributed by atoms with van der Waals surface area (Å²) in [6.07, 6.45) is 0.885. The largest absolute Gasteiger partial charge is 0.384 e. The number of nitrogen functional groups attached to an aromatic ring is 1. The lowest BCUT2D eigenvalue weighted by Crippen LogP contribution is -2.04. The molecule has 0 fully saturated rings. The Labute approximate surface area is 115 Å². The monoisotopic (exact) mass is 257 g/mol. The van der Waals surface area contributed by atoms with Crippen LogP contribution >= 0.6 is 0 Å². The molecule has 0 aliphatic carbocycles. The van der Waals surface area contributed by atoms with Crippen molar-refractivity contribution in [2.24, 2.45) is 7.05 Å². The molecule has 2 aromatic rings. The minimum atomic E-state index is 0.396. The number of imidazole rings is 1. The Morgan fingerprint density at radius 1 is 1.16 bits per heavy atom. The molecule has 0 saturated carbocycles. The Hall–Kier alpha value is -1.77. The Kier molecular flexibility index (Phi) is 3.93. The van der Waals surface area contributed by atoms with E-state index in [1.807, 2.05) is 17.7 Å². The zero-order chi connectivity index (χ0) is 14.0. The van der Waals surface area contributed by atoms with E-state index in [-0.39, 0.29) is 0 Å². The van der Waals surface area contributed by atoms with Crippen molar-refractivity contribution in [2.75, 3.05) is 5.73 Å². The first-order valence-electron chi connectivity index (χ1n) is 6.86. The van der Waals surface area contributed by atoms with Crippen LogP contribution in [0, 0.1) is 0 Å². The molecule has 1 unspecified atom stereocenters. The van der Waals surface area contributed by atoms with E-state index >= 15 is 0 Å².